The summed E-state index contributed by atoms with van der Waals surface area (Å²) in [4.78, 5) is 25.8. The van der Waals surface area contributed by atoms with Crippen molar-refractivity contribution >= 4 is 27.8 Å². The lowest BCUT2D eigenvalue weighted by atomic mass is 10.1. The molecule has 0 aliphatic carbocycles. The first-order valence-corrected chi connectivity index (χ1v) is 8.50. The van der Waals surface area contributed by atoms with Gasteiger partial charge in [-0.2, -0.15) is 0 Å². The molecule has 6 heteroatoms. The van der Waals surface area contributed by atoms with Crippen LogP contribution in [-0.2, 0) is 16.1 Å². The summed E-state index contributed by atoms with van der Waals surface area (Å²) in [7, 11) is 3.23. The molecule has 0 atom stereocenters. The Bertz CT molecular complexity index is 776. The van der Waals surface area contributed by atoms with Crippen LogP contribution in [0.25, 0.3) is 0 Å². The van der Waals surface area contributed by atoms with Gasteiger partial charge in [0, 0.05) is 13.6 Å². The van der Waals surface area contributed by atoms with Gasteiger partial charge in [-0.25, -0.2) is 4.79 Å². The molecule has 2 rings (SSSR count). The minimum atomic E-state index is -0.555. The van der Waals surface area contributed by atoms with E-state index in [1.54, 1.807) is 37.3 Å². The Labute approximate surface area is 155 Å². The second-order valence-electron chi connectivity index (χ2n) is 5.60. The highest BCUT2D eigenvalue weighted by atomic mass is 79.9. The lowest BCUT2D eigenvalue weighted by Crippen LogP contribution is -2.31. The Morgan fingerprint density at radius 1 is 1.16 bits per heavy atom. The molecule has 0 saturated heterocycles. The molecule has 0 aliphatic heterocycles. The first-order valence-electron chi connectivity index (χ1n) is 7.71. The number of hydrogen-bond acceptors (Lipinski definition) is 4. The maximum absolute atomic E-state index is 12.2. The van der Waals surface area contributed by atoms with Crippen LogP contribution in [0.1, 0.15) is 21.5 Å². The number of carbonyl (C=O) groups is 2. The number of benzene rings is 2. The van der Waals surface area contributed by atoms with E-state index in [2.05, 4.69) is 15.9 Å². The quantitative estimate of drug-likeness (QED) is 0.689. The number of methoxy groups -OCH3 is 1. The van der Waals surface area contributed by atoms with Crippen molar-refractivity contribution in [3.8, 4) is 5.75 Å². The normalized spacial score (nSPS) is 10.2. The van der Waals surface area contributed by atoms with Crippen LogP contribution in [-0.4, -0.2) is 37.5 Å². The number of esters is 1. The number of halogens is 1. The number of ether oxygens (including phenoxy) is 2. The number of nitrogens with zero attached hydrogens (tertiary/aromatic N) is 1. The van der Waals surface area contributed by atoms with E-state index < -0.39 is 5.97 Å². The van der Waals surface area contributed by atoms with Crippen molar-refractivity contribution in [2.45, 2.75) is 13.5 Å². The summed E-state index contributed by atoms with van der Waals surface area (Å²) in [5, 5.41) is 0. The average molecular weight is 406 g/mol. The molecule has 0 radical (unpaired) electrons. The zero-order valence-corrected chi connectivity index (χ0v) is 16.0. The fourth-order valence-corrected chi connectivity index (χ4v) is 2.79. The van der Waals surface area contributed by atoms with Gasteiger partial charge in [-0.1, -0.05) is 24.3 Å². The van der Waals surface area contributed by atoms with Crippen LogP contribution in [0.5, 0.6) is 5.75 Å². The van der Waals surface area contributed by atoms with E-state index in [9.17, 15) is 9.59 Å². The predicted octanol–water partition coefficient (Wildman–Crippen LogP) is 3.58. The van der Waals surface area contributed by atoms with Gasteiger partial charge in [0.25, 0.3) is 5.91 Å². The van der Waals surface area contributed by atoms with Crippen molar-refractivity contribution in [3.05, 3.63) is 63.6 Å². The lowest BCUT2D eigenvalue weighted by molar-refractivity contribution is -0.133. The summed E-state index contributed by atoms with van der Waals surface area (Å²) in [6.45, 7) is 2.16. The number of amides is 1. The van der Waals surface area contributed by atoms with Gasteiger partial charge >= 0.3 is 5.97 Å². The zero-order chi connectivity index (χ0) is 18.4. The van der Waals surface area contributed by atoms with Crippen LogP contribution >= 0.6 is 15.9 Å². The number of rotatable bonds is 6. The van der Waals surface area contributed by atoms with E-state index >= 15 is 0 Å². The molecule has 2 aromatic rings. The SMILES string of the molecule is COc1ccc(C(=O)OCC(=O)N(C)Cc2ccccc2C)cc1Br. The smallest absolute Gasteiger partial charge is 0.338 e. The Balaban J connectivity index is 1.91. The first-order chi connectivity index (χ1) is 11.9. The number of hydrogen-bond donors (Lipinski definition) is 0. The topological polar surface area (TPSA) is 55.8 Å². The second kappa shape index (κ2) is 8.67. The molecule has 5 nitrogen and oxygen atoms in total. The molecule has 0 saturated carbocycles. The standard InChI is InChI=1S/C19H20BrNO4/c1-13-6-4-5-7-15(13)11-21(2)18(22)12-25-19(23)14-8-9-17(24-3)16(20)10-14/h4-10H,11-12H2,1-3H3. The third-order valence-corrected chi connectivity index (χ3v) is 4.43. The molecule has 0 spiro atoms. The summed E-state index contributed by atoms with van der Waals surface area (Å²) >= 11 is 3.31. The summed E-state index contributed by atoms with van der Waals surface area (Å²) in [6.07, 6.45) is 0. The Kier molecular flexibility index (Phi) is 6.58. The van der Waals surface area contributed by atoms with E-state index in [4.69, 9.17) is 9.47 Å². The summed E-state index contributed by atoms with van der Waals surface area (Å²) in [6, 6.07) is 12.7. The fourth-order valence-electron chi connectivity index (χ4n) is 2.25. The van der Waals surface area contributed by atoms with Crippen molar-refractivity contribution < 1.29 is 19.1 Å². The van der Waals surface area contributed by atoms with Crippen LogP contribution in [0, 0.1) is 6.92 Å². The molecular formula is C19H20BrNO4. The molecule has 0 N–H and O–H groups in total. The summed E-state index contributed by atoms with van der Waals surface area (Å²) < 4.78 is 10.9. The molecule has 0 heterocycles. The monoisotopic (exact) mass is 405 g/mol. The molecule has 0 aliphatic rings. The largest absolute Gasteiger partial charge is 0.496 e. The molecule has 2 aromatic carbocycles. The first kappa shape index (κ1) is 19.0. The van der Waals surface area contributed by atoms with Gasteiger partial charge in [-0.05, 0) is 52.2 Å². The van der Waals surface area contributed by atoms with Gasteiger partial charge in [-0.3, -0.25) is 4.79 Å². The third-order valence-electron chi connectivity index (χ3n) is 3.81. The van der Waals surface area contributed by atoms with Crippen LogP contribution in [0.4, 0.5) is 0 Å². The highest BCUT2D eigenvalue weighted by molar-refractivity contribution is 9.10. The van der Waals surface area contributed by atoms with Crippen LogP contribution < -0.4 is 4.74 Å². The van der Waals surface area contributed by atoms with Crippen LogP contribution in [0.3, 0.4) is 0 Å². The molecule has 1 amide bonds. The molecule has 0 bridgehead atoms. The number of aryl methyl sites for hydroxylation is 1. The summed E-state index contributed by atoms with van der Waals surface area (Å²) in [5.74, 6) is -0.198. The lowest BCUT2D eigenvalue weighted by Gasteiger charge is -2.18. The minimum absolute atomic E-state index is 0.260. The van der Waals surface area contributed by atoms with Crippen LogP contribution in [0.15, 0.2) is 46.9 Å². The maximum atomic E-state index is 12.2. The Morgan fingerprint density at radius 2 is 1.88 bits per heavy atom. The van der Waals surface area contributed by atoms with Gasteiger partial charge in [0.05, 0.1) is 17.1 Å². The van der Waals surface area contributed by atoms with Crippen LogP contribution in [0.2, 0.25) is 0 Å². The van der Waals surface area contributed by atoms with Gasteiger partial charge < -0.3 is 14.4 Å². The van der Waals surface area contributed by atoms with E-state index in [-0.39, 0.29) is 12.5 Å². The van der Waals surface area contributed by atoms with Crippen molar-refractivity contribution in [2.75, 3.05) is 20.8 Å². The van der Waals surface area contributed by atoms with Gasteiger partial charge in [0.2, 0.25) is 0 Å². The predicted molar refractivity (Wildman–Crippen MR) is 98.6 cm³/mol. The Hall–Kier alpha value is -2.34. The fraction of sp³-hybridized carbons (Fsp3) is 0.263. The molecule has 0 unspecified atom stereocenters. The number of carbonyl (C=O) groups excluding carboxylic acids is 2. The zero-order valence-electron chi connectivity index (χ0n) is 14.4. The van der Waals surface area contributed by atoms with E-state index in [1.807, 2.05) is 31.2 Å². The molecular weight excluding hydrogens is 386 g/mol. The molecule has 132 valence electrons. The van der Waals surface area contributed by atoms with E-state index in [0.29, 0.717) is 22.3 Å². The minimum Gasteiger partial charge on any atom is -0.496 e. The van der Waals surface area contributed by atoms with Crippen molar-refractivity contribution in [1.29, 1.82) is 0 Å². The van der Waals surface area contributed by atoms with E-state index in [1.165, 1.54) is 0 Å². The molecule has 0 fully saturated rings. The molecule has 25 heavy (non-hydrogen) atoms. The number of likely N-dealkylation sites (N-methyl/N-ethyl adjacent to an activating group) is 1. The van der Waals surface area contributed by atoms with Crippen molar-refractivity contribution in [2.24, 2.45) is 0 Å². The second-order valence-corrected chi connectivity index (χ2v) is 6.46. The van der Waals surface area contributed by atoms with Gasteiger partial charge in [0.15, 0.2) is 6.61 Å². The summed E-state index contributed by atoms with van der Waals surface area (Å²) in [5.41, 5.74) is 2.52. The third kappa shape index (κ3) is 5.06. The van der Waals surface area contributed by atoms with E-state index in [0.717, 1.165) is 11.1 Å². The van der Waals surface area contributed by atoms with Crippen molar-refractivity contribution in [3.63, 3.8) is 0 Å². The maximum Gasteiger partial charge on any atom is 0.338 e. The van der Waals surface area contributed by atoms with Gasteiger partial charge in [-0.15, -0.1) is 0 Å². The highest BCUT2D eigenvalue weighted by Crippen LogP contribution is 2.25. The van der Waals surface area contributed by atoms with Gasteiger partial charge in [0.1, 0.15) is 5.75 Å². The molecule has 0 aromatic heterocycles. The average Bonchev–Trinajstić information content (AvgIpc) is 2.61. The highest BCUT2D eigenvalue weighted by Gasteiger charge is 2.15. The Morgan fingerprint density at radius 3 is 2.52 bits per heavy atom. The van der Waals surface area contributed by atoms with Crippen molar-refractivity contribution in [1.82, 2.24) is 4.90 Å².